The Morgan fingerprint density at radius 2 is 1.88 bits per heavy atom. The Morgan fingerprint density at radius 1 is 1.21 bits per heavy atom. The molecule has 0 bridgehead atoms. The van der Waals surface area contributed by atoms with E-state index >= 15 is 4.39 Å². The number of hydrogen-bond acceptors (Lipinski definition) is 6. The van der Waals surface area contributed by atoms with Crippen LogP contribution in [0.1, 0.15) is 42.4 Å². The summed E-state index contributed by atoms with van der Waals surface area (Å²) in [7, 11) is 0.908. The summed E-state index contributed by atoms with van der Waals surface area (Å²) < 4.78 is 80.8. The third-order valence-corrected chi connectivity index (χ3v) is 5.44. The molecular weight excluding hydrogens is 451 g/mol. The number of halogens is 5. The number of nitrogens with one attached hydrogen (secondary N) is 1. The van der Waals surface area contributed by atoms with Crippen molar-refractivity contribution in [3.8, 4) is 6.07 Å². The SMILES string of the molecule is COC(=O)C1=C(CF)NC(C)=C(C(=O)OCC2CC2)C1c1c(F)ccc(C#N)c1C(F)(F)F. The van der Waals surface area contributed by atoms with Gasteiger partial charge in [0.05, 0.1) is 53.7 Å². The molecule has 1 heterocycles. The van der Waals surface area contributed by atoms with E-state index in [4.69, 9.17) is 4.74 Å². The summed E-state index contributed by atoms with van der Waals surface area (Å²) in [6, 6.07) is 2.62. The van der Waals surface area contributed by atoms with Crippen molar-refractivity contribution >= 4 is 11.9 Å². The number of rotatable bonds is 6. The number of nitrogens with zero attached hydrogens (tertiary/aromatic N) is 1. The molecule has 3 rings (SSSR count). The Kier molecular flexibility index (Phi) is 6.76. The van der Waals surface area contributed by atoms with E-state index in [0.29, 0.717) is 12.1 Å². The van der Waals surface area contributed by atoms with E-state index in [0.717, 1.165) is 20.0 Å². The highest BCUT2D eigenvalue weighted by molar-refractivity contribution is 6.00. The molecule has 0 saturated heterocycles. The average molecular weight is 470 g/mol. The Bertz CT molecular complexity index is 1100. The van der Waals surface area contributed by atoms with Gasteiger partial charge in [0.25, 0.3) is 0 Å². The summed E-state index contributed by atoms with van der Waals surface area (Å²) >= 11 is 0. The second-order valence-electron chi connectivity index (χ2n) is 7.65. The van der Waals surface area contributed by atoms with Crippen LogP contribution < -0.4 is 5.32 Å². The van der Waals surface area contributed by atoms with Gasteiger partial charge in [-0.2, -0.15) is 18.4 Å². The first kappa shape index (κ1) is 24.2. The molecule has 6 nitrogen and oxygen atoms in total. The number of benzene rings is 1. The molecule has 1 atom stereocenters. The molecule has 2 aliphatic rings. The van der Waals surface area contributed by atoms with Gasteiger partial charge >= 0.3 is 18.1 Å². The smallest absolute Gasteiger partial charge is 0.418 e. The van der Waals surface area contributed by atoms with Crippen molar-refractivity contribution in [2.24, 2.45) is 5.92 Å². The van der Waals surface area contributed by atoms with Gasteiger partial charge in [0.2, 0.25) is 0 Å². The zero-order valence-electron chi connectivity index (χ0n) is 17.6. The molecule has 0 amide bonds. The molecule has 33 heavy (non-hydrogen) atoms. The van der Waals surface area contributed by atoms with E-state index in [-0.39, 0.29) is 18.2 Å². The summed E-state index contributed by atoms with van der Waals surface area (Å²) in [6.07, 6.45) is -3.62. The first-order valence-corrected chi connectivity index (χ1v) is 9.87. The number of alkyl halides is 4. The van der Waals surface area contributed by atoms with Gasteiger partial charge in [0, 0.05) is 11.3 Å². The first-order chi connectivity index (χ1) is 15.5. The minimum atomic E-state index is -5.23. The second-order valence-corrected chi connectivity index (χ2v) is 7.65. The summed E-state index contributed by atoms with van der Waals surface area (Å²) in [5.74, 6) is -5.72. The van der Waals surface area contributed by atoms with Crippen LogP contribution in [0.3, 0.4) is 0 Å². The molecular formula is C22H19F5N2O4. The average Bonchev–Trinajstić information content (AvgIpc) is 3.59. The number of methoxy groups -OCH3 is 1. The van der Waals surface area contributed by atoms with Crippen LogP contribution in [0.15, 0.2) is 34.7 Å². The second kappa shape index (κ2) is 9.21. The molecule has 1 aliphatic heterocycles. The maximum Gasteiger partial charge on any atom is 0.418 e. The first-order valence-electron chi connectivity index (χ1n) is 9.87. The van der Waals surface area contributed by atoms with Gasteiger partial charge < -0.3 is 14.8 Å². The number of nitriles is 1. The Labute approximate surface area is 185 Å². The van der Waals surface area contributed by atoms with Crippen molar-refractivity contribution in [3.05, 3.63) is 57.2 Å². The van der Waals surface area contributed by atoms with Crippen LogP contribution in [0.5, 0.6) is 0 Å². The van der Waals surface area contributed by atoms with E-state index in [2.05, 4.69) is 10.1 Å². The minimum Gasteiger partial charge on any atom is -0.466 e. The lowest BCUT2D eigenvalue weighted by atomic mass is 9.77. The third-order valence-electron chi connectivity index (χ3n) is 5.44. The highest BCUT2D eigenvalue weighted by Gasteiger charge is 2.47. The number of ether oxygens (including phenoxy) is 2. The van der Waals surface area contributed by atoms with E-state index in [1.54, 1.807) is 0 Å². The topological polar surface area (TPSA) is 88.4 Å². The van der Waals surface area contributed by atoms with Gasteiger partial charge in [0.1, 0.15) is 12.5 Å². The van der Waals surface area contributed by atoms with Crippen molar-refractivity contribution in [2.45, 2.75) is 31.9 Å². The van der Waals surface area contributed by atoms with Crippen LogP contribution in [0.25, 0.3) is 0 Å². The minimum absolute atomic E-state index is 0.0115. The van der Waals surface area contributed by atoms with Crippen LogP contribution in [0.2, 0.25) is 0 Å². The maximum atomic E-state index is 15.1. The normalized spacial score (nSPS) is 18.5. The van der Waals surface area contributed by atoms with Crippen LogP contribution >= 0.6 is 0 Å². The molecule has 1 aromatic rings. The monoisotopic (exact) mass is 470 g/mol. The summed E-state index contributed by atoms with van der Waals surface area (Å²) in [5.41, 5.74) is -5.58. The highest BCUT2D eigenvalue weighted by atomic mass is 19.4. The number of esters is 2. The Hall–Kier alpha value is -3.42. The molecule has 1 fully saturated rings. The maximum absolute atomic E-state index is 15.1. The van der Waals surface area contributed by atoms with Crippen molar-refractivity contribution in [1.29, 1.82) is 5.26 Å². The third kappa shape index (κ3) is 4.69. The molecule has 1 saturated carbocycles. The van der Waals surface area contributed by atoms with Crippen LogP contribution in [0, 0.1) is 23.1 Å². The molecule has 11 heteroatoms. The van der Waals surface area contributed by atoms with Crippen LogP contribution in [0.4, 0.5) is 22.0 Å². The molecule has 0 spiro atoms. The number of allylic oxidation sites excluding steroid dienone is 2. The number of dihydropyridines is 1. The molecule has 0 radical (unpaired) electrons. The van der Waals surface area contributed by atoms with Gasteiger partial charge in [0.15, 0.2) is 0 Å². The summed E-state index contributed by atoms with van der Waals surface area (Å²) in [5, 5.41) is 11.7. The quantitative estimate of drug-likeness (QED) is 0.499. The summed E-state index contributed by atoms with van der Waals surface area (Å²) in [6.45, 7) is -0.0875. The fraction of sp³-hybridized carbons (Fsp3) is 0.409. The van der Waals surface area contributed by atoms with Crippen molar-refractivity contribution < 1.29 is 41.0 Å². The number of carbonyl (C=O) groups is 2. The molecule has 0 aromatic heterocycles. The van der Waals surface area contributed by atoms with E-state index in [1.165, 1.54) is 13.0 Å². The molecule has 176 valence electrons. The highest BCUT2D eigenvalue weighted by Crippen LogP contribution is 2.47. The Morgan fingerprint density at radius 3 is 2.39 bits per heavy atom. The fourth-order valence-electron chi connectivity index (χ4n) is 3.74. The van der Waals surface area contributed by atoms with Crippen LogP contribution in [-0.4, -0.2) is 32.3 Å². The van der Waals surface area contributed by atoms with E-state index < -0.39 is 70.1 Å². The summed E-state index contributed by atoms with van der Waals surface area (Å²) in [4.78, 5) is 25.5. The lowest BCUT2D eigenvalue weighted by Gasteiger charge is -2.32. The predicted octanol–water partition coefficient (Wildman–Crippen LogP) is 4.03. The zero-order chi connectivity index (χ0) is 24.5. The van der Waals surface area contributed by atoms with Gasteiger partial charge in [-0.3, -0.25) is 0 Å². The van der Waals surface area contributed by atoms with E-state index in [9.17, 15) is 32.4 Å². The number of carbonyl (C=O) groups excluding carboxylic acids is 2. The zero-order valence-corrected chi connectivity index (χ0v) is 17.6. The van der Waals surface area contributed by atoms with Crippen molar-refractivity contribution in [1.82, 2.24) is 5.32 Å². The van der Waals surface area contributed by atoms with Gasteiger partial charge in [-0.25, -0.2) is 18.4 Å². The van der Waals surface area contributed by atoms with Gasteiger partial charge in [-0.15, -0.1) is 0 Å². The number of hydrogen-bond donors (Lipinski definition) is 1. The molecule has 1 unspecified atom stereocenters. The van der Waals surface area contributed by atoms with E-state index in [1.807, 2.05) is 0 Å². The van der Waals surface area contributed by atoms with Gasteiger partial charge in [-0.05, 0) is 37.8 Å². The predicted molar refractivity (Wildman–Crippen MR) is 103 cm³/mol. The van der Waals surface area contributed by atoms with Gasteiger partial charge in [-0.1, -0.05) is 0 Å². The molecule has 1 aliphatic carbocycles. The molecule has 1 N–H and O–H groups in total. The Balaban J connectivity index is 2.33. The standard InChI is InChI=1S/C22H19F5N2O4/c1-10-15(21(31)33-9-11-3-4-11)18(17(20(30)32-2)14(7-23)29-10)16-13(24)6-5-12(8-28)19(16)22(25,26)27/h5-6,11,18,29H,3-4,7,9H2,1-2H3. The largest absolute Gasteiger partial charge is 0.466 e. The molecule has 1 aromatic carbocycles. The lowest BCUT2D eigenvalue weighted by Crippen LogP contribution is -2.35. The lowest BCUT2D eigenvalue weighted by molar-refractivity contribution is -0.142. The van der Waals surface area contributed by atoms with Crippen molar-refractivity contribution in [2.75, 3.05) is 20.4 Å². The van der Waals surface area contributed by atoms with Crippen LogP contribution in [-0.2, 0) is 25.2 Å². The fourth-order valence-corrected chi connectivity index (χ4v) is 3.74. The van der Waals surface area contributed by atoms with Crippen molar-refractivity contribution in [3.63, 3.8) is 0 Å².